The number of nitrogens with zero attached hydrogens (tertiary/aromatic N) is 1. The molecule has 1 aliphatic heterocycles. The maximum atomic E-state index is 10.9. The van der Waals surface area contributed by atoms with E-state index in [2.05, 4.69) is 22.6 Å². The van der Waals surface area contributed by atoms with Crippen LogP contribution in [0.25, 0.3) is 0 Å². The first-order valence-electron chi connectivity index (χ1n) is 3.63. The van der Waals surface area contributed by atoms with E-state index in [0.717, 1.165) is 6.54 Å². The van der Waals surface area contributed by atoms with Crippen LogP contribution in [0.3, 0.4) is 0 Å². The van der Waals surface area contributed by atoms with Crippen molar-refractivity contribution in [3.63, 3.8) is 0 Å². The number of carbonyl (C=O) groups is 1. The fraction of sp³-hybridized carbons (Fsp3) is 0.857. The predicted molar refractivity (Wildman–Crippen MR) is 49.0 cm³/mol. The monoisotopic (exact) mass is 253 g/mol. The number of piperidine rings is 1. The molecule has 10 heavy (non-hydrogen) atoms. The molecule has 1 fully saturated rings. The fourth-order valence-electron chi connectivity index (χ4n) is 1.25. The van der Waals surface area contributed by atoms with Gasteiger partial charge in [-0.2, -0.15) is 0 Å². The van der Waals surface area contributed by atoms with Crippen molar-refractivity contribution in [3.8, 4) is 0 Å². The number of amides is 1. The molecule has 0 spiro atoms. The van der Waals surface area contributed by atoms with Crippen LogP contribution in [-0.4, -0.2) is 21.4 Å². The highest BCUT2D eigenvalue weighted by Gasteiger charge is 2.20. The molecule has 0 aromatic rings. The number of hydrogen-bond donors (Lipinski definition) is 0. The maximum Gasteiger partial charge on any atom is 0.220 e. The van der Waals surface area contributed by atoms with Gasteiger partial charge in [0.2, 0.25) is 5.91 Å². The summed E-state index contributed by atoms with van der Waals surface area (Å²) in [6, 6.07) is 0. The lowest BCUT2D eigenvalue weighted by Gasteiger charge is -2.30. The van der Waals surface area contributed by atoms with Crippen LogP contribution in [0.15, 0.2) is 0 Å². The van der Waals surface area contributed by atoms with Gasteiger partial charge in [-0.15, -0.1) is 0 Å². The smallest absolute Gasteiger partial charge is 0.220 e. The average molecular weight is 253 g/mol. The van der Waals surface area contributed by atoms with Crippen LogP contribution in [0.1, 0.15) is 26.2 Å². The normalized spacial score (nSPS) is 26.6. The Morgan fingerprint density at radius 3 is 2.70 bits per heavy atom. The second kappa shape index (κ2) is 3.55. The van der Waals surface area contributed by atoms with E-state index in [0.29, 0.717) is 4.05 Å². The quantitative estimate of drug-likeness (QED) is 0.366. The van der Waals surface area contributed by atoms with Gasteiger partial charge in [0.05, 0.1) is 4.05 Å². The summed E-state index contributed by atoms with van der Waals surface area (Å²) in [5.74, 6) is 0.221. The Balaban J connectivity index is 2.47. The van der Waals surface area contributed by atoms with Crippen LogP contribution in [0.4, 0.5) is 0 Å². The number of rotatable bonds is 0. The molecule has 3 heteroatoms. The molecule has 1 unspecified atom stereocenters. The maximum absolute atomic E-state index is 10.9. The van der Waals surface area contributed by atoms with Gasteiger partial charge in [-0.3, -0.25) is 4.79 Å². The SMILES string of the molecule is CC(=O)N1CCCCC1I. The van der Waals surface area contributed by atoms with E-state index in [1.807, 2.05) is 4.90 Å². The van der Waals surface area contributed by atoms with E-state index >= 15 is 0 Å². The van der Waals surface area contributed by atoms with Crippen molar-refractivity contribution in [1.82, 2.24) is 4.90 Å². The van der Waals surface area contributed by atoms with E-state index < -0.39 is 0 Å². The standard InChI is InChI=1S/C7H12INO/c1-6(10)9-5-3-2-4-7(9)8/h7H,2-5H2,1H3. The van der Waals surface area contributed by atoms with Gasteiger partial charge in [-0.1, -0.05) is 22.6 Å². The predicted octanol–water partition coefficient (Wildman–Crippen LogP) is 1.78. The molecule has 1 rings (SSSR count). The minimum atomic E-state index is 0.221. The highest BCUT2D eigenvalue weighted by Crippen LogP contribution is 2.21. The first kappa shape index (κ1) is 8.30. The molecule has 0 aromatic heterocycles. The number of alkyl halides is 1. The molecule has 58 valence electrons. The first-order chi connectivity index (χ1) is 4.72. The second-order valence-electron chi connectivity index (χ2n) is 2.64. The summed E-state index contributed by atoms with van der Waals surface area (Å²) in [5.41, 5.74) is 0. The molecule has 0 aromatic carbocycles. The molecular formula is C7H12INO. The van der Waals surface area contributed by atoms with Gasteiger partial charge < -0.3 is 4.90 Å². The second-order valence-corrected chi connectivity index (χ2v) is 4.08. The minimum absolute atomic E-state index is 0.221. The van der Waals surface area contributed by atoms with Crippen molar-refractivity contribution in [2.75, 3.05) is 6.54 Å². The topological polar surface area (TPSA) is 20.3 Å². The lowest BCUT2D eigenvalue weighted by molar-refractivity contribution is -0.130. The highest BCUT2D eigenvalue weighted by molar-refractivity contribution is 14.1. The average Bonchev–Trinajstić information content (AvgIpc) is 1.88. The molecule has 0 N–H and O–H groups in total. The first-order valence-corrected chi connectivity index (χ1v) is 4.87. The third kappa shape index (κ3) is 1.84. The zero-order chi connectivity index (χ0) is 7.56. The third-order valence-corrected chi connectivity index (χ3v) is 3.13. The Labute approximate surface area is 75.1 Å². The molecule has 0 bridgehead atoms. The van der Waals surface area contributed by atoms with Gasteiger partial charge in [-0.05, 0) is 19.3 Å². The lowest BCUT2D eigenvalue weighted by atomic mass is 10.1. The molecule has 0 saturated carbocycles. The molecule has 1 aliphatic rings. The largest absolute Gasteiger partial charge is 0.331 e. The molecule has 1 atom stereocenters. The van der Waals surface area contributed by atoms with Crippen LogP contribution < -0.4 is 0 Å². The summed E-state index contributed by atoms with van der Waals surface area (Å²) >= 11 is 2.34. The zero-order valence-corrected chi connectivity index (χ0v) is 8.30. The van der Waals surface area contributed by atoms with Crippen molar-refractivity contribution in [3.05, 3.63) is 0 Å². The Morgan fingerprint density at radius 1 is 1.60 bits per heavy atom. The van der Waals surface area contributed by atoms with Crippen molar-refractivity contribution in [2.45, 2.75) is 30.2 Å². The number of halogens is 1. The number of carbonyl (C=O) groups excluding carboxylic acids is 1. The van der Waals surface area contributed by atoms with E-state index in [9.17, 15) is 4.79 Å². The molecule has 0 aliphatic carbocycles. The summed E-state index contributed by atoms with van der Waals surface area (Å²) < 4.78 is 0.448. The van der Waals surface area contributed by atoms with Crippen molar-refractivity contribution < 1.29 is 4.79 Å². The van der Waals surface area contributed by atoms with Crippen LogP contribution >= 0.6 is 22.6 Å². The molecule has 1 heterocycles. The third-order valence-electron chi connectivity index (χ3n) is 1.83. The van der Waals surface area contributed by atoms with Crippen molar-refractivity contribution >= 4 is 28.5 Å². The molecule has 0 radical (unpaired) electrons. The highest BCUT2D eigenvalue weighted by atomic mass is 127. The fourth-order valence-corrected chi connectivity index (χ4v) is 2.36. The van der Waals surface area contributed by atoms with Crippen LogP contribution in [0.5, 0.6) is 0 Å². The van der Waals surface area contributed by atoms with Gasteiger partial charge in [0, 0.05) is 13.5 Å². The Kier molecular flexibility index (Phi) is 2.95. The number of likely N-dealkylation sites (tertiary alicyclic amines) is 1. The van der Waals surface area contributed by atoms with Crippen molar-refractivity contribution in [1.29, 1.82) is 0 Å². The lowest BCUT2D eigenvalue weighted by Crippen LogP contribution is -2.38. The summed E-state index contributed by atoms with van der Waals surface area (Å²) in [7, 11) is 0. The van der Waals surface area contributed by atoms with E-state index in [-0.39, 0.29) is 5.91 Å². The summed E-state index contributed by atoms with van der Waals surface area (Å²) in [6.45, 7) is 2.61. The summed E-state index contributed by atoms with van der Waals surface area (Å²) in [5, 5.41) is 0. The van der Waals surface area contributed by atoms with Crippen LogP contribution in [0.2, 0.25) is 0 Å². The summed E-state index contributed by atoms with van der Waals surface area (Å²) in [4.78, 5) is 12.9. The Morgan fingerprint density at radius 2 is 2.30 bits per heavy atom. The van der Waals surface area contributed by atoms with Gasteiger partial charge in [0.1, 0.15) is 0 Å². The van der Waals surface area contributed by atoms with Crippen LogP contribution in [0, 0.1) is 0 Å². The van der Waals surface area contributed by atoms with Gasteiger partial charge in [0.25, 0.3) is 0 Å². The summed E-state index contributed by atoms with van der Waals surface area (Å²) in [6.07, 6.45) is 3.62. The Hall–Kier alpha value is 0.200. The Bertz CT molecular complexity index is 138. The van der Waals surface area contributed by atoms with Gasteiger partial charge in [0.15, 0.2) is 0 Å². The number of hydrogen-bond acceptors (Lipinski definition) is 1. The van der Waals surface area contributed by atoms with Gasteiger partial charge in [-0.25, -0.2) is 0 Å². The molecule has 2 nitrogen and oxygen atoms in total. The van der Waals surface area contributed by atoms with E-state index in [1.54, 1.807) is 6.92 Å². The zero-order valence-electron chi connectivity index (χ0n) is 6.14. The van der Waals surface area contributed by atoms with E-state index in [1.165, 1.54) is 19.3 Å². The minimum Gasteiger partial charge on any atom is -0.331 e. The molecule has 1 amide bonds. The molecule has 1 saturated heterocycles. The van der Waals surface area contributed by atoms with Crippen molar-refractivity contribution in [2.24, 2.45) is 0 Å². The van der Waals surface area contributed by atoms with Crippen LogP contribution in [-0.2, 0) is 4.79 Å². The van der Waals surface area contributed by atoms with Gasteiger partial charge >= 0.3 is 0 Å². The van der Waals surface area contributed by atoms with E-state index in [4.69, 9.17) is 0 Å². The molecular weight excluding hydrogens is 241 g/mol.